The summed E-state index contributed by atoms with van der Waals surface area (Å²) in [4.78, 5) is 34.6. The maximum Gasteiger partial charge on any atom is 0.326 e. The summed E-state index contributed by atoms with van der Waals surface area (Å²) in [5.41, 5.74) is 0.862. The van der Waals surface area contributed by atoms with Gasteiger partial charge in [0.1, 0.15) is 6.04 Å². The lowest BCUT2D eigenvalue weighted by molar-refractivity contribution is -0.145. The predicted octanol–water partition coefficient (Wildman–Crippen LogP) is 1.52. The Balaban J connectivity index is 2.62. The van der Waals surface area contributed by atoms with Crippen molar-refractivity contribution in [1.29, 1.82) is 0 Å². The lowest BCUT2D eigenvalue weighted by Gasteiger charge is -2.20. The average Bonchev–Trinajstić information content (AvgIpc) is 2.39. The SMILES string of the molecule is CN(Cc1ccc(Br)cc1)C(=O)N[C@H](CC(=O)O)C(=O)O. The van der Waals surface area contributed by atoms with E-state index in [1.54, 1.807) is 0 Å². The first-order valence-corrected chi connectivity index (χ1v) is 6.79. The fraction of sp³-hybridized carbons (Fsp3) is 0.308. The van der Waals surface area contributed by atoms with Gasteiger partial charge < -0.3 is 20.4 Å². The number of rotatable bonds is 6. The molecule has 114 valence electrons. The van der Waals surface area contributed by atoms with E-state index in [0.717, 1.165) is 10.0 Å². The Morgan fingerprint density at radius 3 is 2.29 bits per heavy atom. The summed E-state index contributed by atoms with van der Waals surface area (Å²) >= 11 is 3.30. The van der Waals surface area contributed by atoms with E-state index in [1.807, 2.05) is 24.3 Å². The van der Waals surface area contributed by atoms with Crippen molar-refractivity contribution in [2.45, 2.75) is 19.0 Å². The molecule has 0 aliphatic carbocycles. The van der Waals surface area contributed by atoms with Gasteiger partial charge in [-0.25, -0.2) is 9.59 Å². The van der Waals surface area contributed by atoms with Crippen LogP contribution in [0.2, 0.25) is 0 Å². The van der Waals surface area contributed by atoms with E-state index in [9.17, 15) is 14.4 Å². The summed E-state index contributed by atoms with van der Waals surface area (Å²) in [7, 11) is 1.50. The summed E-state index contributed by atoms with van der Waals surface area (Å²) in [6, 6.07) is 5.19. The molecule has 7 nitrogen and oxygen atoms in total. The van der Waals surface area contributed by atoms with Crippen molar-refractivity contribution in [3.8, 4) is 0 Å². The number of hydrogen-bond donors (Lipinski definition) is 3. The highest BCUT2D eigenvalue weighted by Crippen LogP contribution is 2.11. The lowest BCUT2D eigenvalue weighted by Crippen LogP contribution is -2.47. The first-order chi connectivity index (χ1) is 9.79. The minimum Gasteiger partial charge on any atom is -0.481 e. The van der Waals surface area contributed by atoms with Gasteiger partial charge in [-0.3, -0.25) is 4.79 Å². The Kier molecular flexibility index (Phi) is 6.16. The zero-order valence-electron chi connectivity index (χ0n) is 11.2. The van der Waals surface area contributed by atoms with E-state index in [0.29, 0.717) is 0 Å². The van der Waals surface area contributed by atoms with E-state index >= 15 is 0 Å². The number of halogens is 1. The number of benzene rings is 1. The van der Waals surface area contributed by atoms with Crippen LogP contribution in [0, 0.1) is 0 Å². The highest BCUT2D eigenvalue weighted by atomic mass is 79.9. The van der Waals surface area contributed by atoms with Gasteiger partial charge in [-0.15, -0.1) is 0 Å². The quantitative estimate of drug-likeness (QED) is 0.714. The van der Waals surface area contributed by atoms with Crippen LogP contribution in [-0.2, 0) is 16.1 Å². The summed E-state index contributed by atoms with van der Waals surface area (Å²) in [5.74, 6) is -2.68. The molecule has 0 saturated carbocycles. The fourth-order valence-electron chi connectivity index (χ4n) is 1.57. The molecule has 1 rings (SSSR count). The van der Waals surface area contributed by atoms with E-state index in [4.69, 9.17) is 10.2 Å². The van der Waals surface area contributed by atoms with E-state index in [1.165, 1.54) is 11.9 Å². The number of carboxylic acid groups (broad SMARTS) is 2. The molecule has 0 fully saturated rings. The molecule has 3 N–H and O–H groups in total. The maximum atomic E-state index is 11.9. The second-order valence-corrected chi connectivity index (χ2v) is 5.34. The topological polar surface area (TPSA) is 107 Å². The van der Waals surface area contributed by atoms with Gasteiger partial charge in [-0.2, -0.15) is 0 Å². The number of nitrogens with one attached hydrogen (secondary N) is 1. The molecule has 0 radical (unpaired) electrons. The first kappa shape index (κ1) is 17.0. The van der Waals surface area contributed by atoms with Crippen LogP contribution in [0.25, 0.3) is 0 Å². The summed E-state index contributed by atoms with van der Waals surface area (Å²) < 4.78 is 0.908. The molecule has 0 aliphatic rings. The third kappa shape index (κ3) is 5.82. The molecular formula is C13H15BrN2O5. The molecule has 0 bridgehead atoms. The van der Waals surface area contributed by atoms with Gasteiger partial charge in [-0.1, -0.05) is 28.1 Å². The van der Waals surface area contributed by atoms with Gasteiger partial charge in [0.15, 0.2) is 0 Å². The molecule has 8 heteroatoms. The zero-order chi connectivity index (χ0) is 16.0. The Labute approximate surface area is 129 Å². The third-order valence-corrected chi connectivity index (χ3v) is 3.18. The molecule has 21 heavy (non-hydrogen) atoms. The molecule has 2 amide bonds. The van der Waals surface area contributed by atoms with Crippen molar-refractivity contribution in [2.75, 3.05) is 7.05 Å². The van der Waals surface area contributed by atoms with Crippen molar-refractivity contribution in [2.24, 2.45) is 0 Å². The molecule has 1 aromatic carbocycles. The van der Waals surface area contributed by atoms with Crippen molar-refractivity contribution in [3.05, 3.63) is 34.3 Å². The van der Waals surface area contributed by atoms with E-state index in [2.05, 4.69) is 21.2 Å². The molecule has 0 aliphatic heterocycles. The van der Waals surface area contributed by atoms with Crippen LogP contribution in [0.5, 0.6) is 0 Å². The van der Waals surface area contributed by atoms with Gasteiger partial charge in [0.05, 0.1) is 6.42 Å². The summed E-state index contributed by atoms with van der Waals surface area (Å²) in [6.45, 7) is 0.276. The van der Waals surface area contributed by atoms with Gasteiger partial charge in [0, 0.05) is 18.1 Å². The second kappa shape index (κ2) is 7.63. The van der Waals surface area contributed by atoms with E-state index in [-0.39, 0.29) is 6.54 Å². The van der Waals surface area contributed by atoms with Crippen molar-refractivity contribution < 1.29 is 24.6 Å². The Morgan fingerprint density at radius 1 is 1.24 bits per heavy atom. The van der Waals surface area contributed by atoms with Gasteiger partial charge in [0.25, 0.3) is 0 Å². The lowest BCUT2D eigenvalue weighted by atomic mass is 10.2. The monoisotopic (exact) mass is 358 g/mol. The van der Waals surface area contributed by atoms with Crippen LogP contribution < -0.4 is 5.32 Å². The Morgan fingerprint density at radius 2 is 1.81 bits per heavy atom. The number of urea groups is 1. The van der Waals surface area contributed by atoms with E-state index < -0.39 is 30.4 Å². The minimum atomic E-state index is -1.46. The van der Waals surface area contributed by atoms with Gasteiger partial charge in [0.2, 0.25) is 0 Å². The number of nitrogens with zero attached hydrogens (tertiary/aromatic N) is 1. The normalized spacial score (nSPS) is 11.5. The van der Waals surface area contributed by atoms with Gasteiger partial charge >= 0.3 is 18.0 Å². The number of carbonyl (C=O) groups is 3. The molecule has 0 heterocycles. The molecule has 0 spiro atoms. The maximum absolute atomic E-state index is 11.9. The molecule has 0 saturated heterocycles. The van der Waals surface area contributed by atoms with Gasteiger partial charge in [-0.05, 0) is 17.7 Å². The largest absolute Gasteiger partial charge is 0.481 e. The minimum absolute atomic E-state index is 0.276. The molecule has 1 aromatic rings. The number of amides is 2. The first-order valence-electron chi connectivity index (χ1n) is 6.00. The second-order valence-electron chi connectivity index (χ2n) is 4.42. The number of aliphatic carboxylic acids is 2. The molecule has 1 atom stereocenters. The molecule has 0 unspecified atom stereocenters. The van der Waals surface area contributed by atoms with Crippen molar-refractivity contribution >= 4 is 33.9 Å². The van der Waals surface area contributed by atoms with Crippen molar-refractivity contribution in [3.63, 3.8) is 0 Å². The number of carbonyl (C=O) groups excluding carboxylic acids is 1. The van der Waals surface area contributed by atoms with Crippen molar-refractivity contribution in [1.82, 2.24) is 10.2 Å². The summed E-state index contributed by atoms with van der Waals surface area (Å²) in [6.07, 6.45) is -0.673. The van der Waals surface area contributed by atoms with Crippen LogP contribution in [0.1, 0.15) is 12.0 Å². The highest BCUT2D eigenvalue weighted by molar-refractivity contribution is 9.10. The third-order valence-electron chi connectivity index (χ3n) is 2.65. The Bertz CT molecular complexity index is 532. The van der Waals surface area contributed by atoms with Crippen LogP contribution in [0.3, 0.4) is 0 Å². The Hall–Kier alpha value is -2.09. The molecule has 0 aromatic heterocycles. The van der Waals surface area contributed by atoms with Crippen LogP contribution in [0.4, 0.5) is 4.79 Å². The van der Waals surface area contributed by atoms with Crippen LogP contribution in [-0.4, -0.2) is 46.2 Å². The number of carboxylic acids is 2. The average molecular weight is 359 g/mol. The highest BCUT2D eigenvalue weighted by Gasteiger charge is 2.24. The molecular weight excluding hydrogens is 344 g/mol. The number of hydrogen-bond acceptors (Lipinski definition) is 3. The predicted molar refractivity (Wildman–Crippen MR) is 77.8 cm³/mol. The zero-order valence-corrected chi connectivity index (χ0v) is 12.8. The fourth-order valence-corrected chi connectivity index (χ4v) is 1.83. The standard InChI is InChI=1S/C13H15BrN2O5/c1-16(7-8-2-4-9(14)5-3-8)13(21)15-10(12(19)20)6-11(17)18/h2-5,10H,6-7H2,1H3,(H,15,21)(H,17,18)(H,19,20)/t10-/m1/s1. The summed E-state index contributed by atoms with van der Waals surface area (Å²) in [5, 5.41) is 19.7. The van der Waals surface area contributed by atoms with Crippen LogP contribution >= 0.6 is 15.9 Å². The smallest absolute Gasteiger partial charge is 0.326 e. The van der Waals surface area contributed by atoms with Crippen LogP contribution in [0.15, 0.2) is 28.7 Å².